The highest BCUT2D eigenvalue weighted by atomic mass is 19.3. The molecule has 0 aromatic heterocycles. The fraction of sp³-hybridized carbons (Fsp3) is 0.900. The van der Waals surface area contributed by atoms with Gasteiger partial charge >= 0.3 is 11.9 Å². The van der Waals surface area contributed by atoms with E-state index < -0.39 is 18.1 Å². The van der Waals surface area contributed by atoms with Gasteiger partial charge in [0.05, 0.1) is 12.2 Å². The second-order valence-electron chi connectivity index (χ2n) is 11.4. The van der Waals surface area contributed by atoms with Crippen LogP contribution in [0.5, 0.6) is 0 Å². The Morgan fingerprint density at radius 3 is 2.37 bits per heavy atom. The summed E-state index contributed by atoms with van der Waals surface area (Å²) in [6.07, 6.45) is 9.53. The first-order valence-electron chi connectivity index (χ1n) is 15.0. The van der Waals surface area contributed by atoms with Crippen molar-refractivity contribution in [1.82, 2.24) is 0 Å². The van der Waals surface area contributed by atoms with Crippen LogP contribution in [-0.2, 0) is 28.6 Å². The minimum atomic E-state index is -3.30. The van der Waals surface area contributed by atoms with Crippen molar-refractivity contribution in [3.05, 3.63) is 0 Å². The van der Waals surface area contributed by atoms with E-state index >= 15 is 0 Å². The molecule has 1 aliphatic heterocycles. The number of hydrogen-bond acceptors (Lipinski definition) is 6. The molecule has 0 radical (unpaired) electrons. The third-order valence-corrected chi connectivity index (χ3v) is 7.74. The molecule has 0 amide bonds. The Hall–Kier alpha value is -1.41. The van der Waals surface area contributed by atoms with Gasteiger partial charge in [0.2, 0.25) is 5.78 Å². The zero-order valence-electron chi connectivity index (χ0n) is 23.8. The van der Waals surface area contributed by atoms with E-state index in [0.29, 0.717) is 32.3 Å². The second kappa shape index (κ2) is 17.3. The molecule has 0 aromatic carbocycles. The third kappa shape index (κ3) is 11.8. The molecule has 1 saturated carbocycles. The van der Waals surface area contributed by atoms with E-state index in [9.17, 15) is 23.2 Å². The van der Waals surface area contributed by atoms with E-state index in [-0.39, 0.29) is 61.3 Å². The normalized spacial score (nSPS) is 24.2. The van der Waals surface area contributed by atoms with Gasteiger partial charge in [-0.15, -0.1) is 0 Å². The monoisotopic (exact) mass is 544 g/mol. The predicted octanol–water partition coefficient (Wildman–Crippen LogP) is 7.35. The number of carbonyl (C=O) groups is 3. The Labute approximate surface area is 227 Å². The molecule has 0 spiro atoms. The molecule has 38 heavy (non-hydrogen) atoms. The summed E-state index contributed by atoms with van der Waals surface area (Å²) >= 11 is 0. The van der Waals surface area contributed by atoms with Gasteiger partial charge in [0, 0.05) is 38.2 Å². The van der Waals surface area contributed by atoms with E-state index in [1.54, 1.807) is 0 Å². The van der Waals surface area contributed by atoms with Crippen molar-refractivity contribution in [3.8, 4) is 0 Å². The van der Waals surface area contributed by atoms with Crippen LogP contribution in [0.15, 0.2) is 0 Å². The molecule has 2 rings (SSSR count). The van der Waals surface area contributed by atoms with Crippen molar-refractivity contribution in [1.29, 1.82) is 0 Å². The molecule has 1 unspecified atom stereocenters. The Bertz CT molecular complexity index is 720. The minimum absolute atomic E-state index is 0.0829. The topological polar surface area (TPSA) is 78.9 Å². The van der Waals surface area contributed by atoms with Crippen LogP contribution >= 0.6 is 0 Å². The van der Waals surface area contributed by atoms with E-state index in [0.717, 1.165) is 57.8 Å². The number of ether oxygens (including phenoxy) is 3. The zero-order chi connectivity index (χ0) is 28.0. The van der Waals surface area contributed by atoms with E-state index in [2.05, 4.69) is 0 Å². The average molecular weight is 545 g/mol. The molecule has 220 valence electrons. The Balaban J connectivity index is 1.83. The SMILES string of the molecule is CCCCC(F)(F)C(=O)CC[C@H]1[C@H](OC2CCCCO2)CC(=O)[C@@H]1CCCCCCCCC(=O)OC(C)C. The van der Waals surface area contributed by atoms with Gasteiger partial charge in [0.1, 0.15) is 5.78 Å². The van der Waals surface area contributed by atoms with Crippen LogP contribution in [0.4, 0.5) is 8.78 Å². The number of alkyl halides is 2. The van der Waals surface area contributed by atoms with Crippen molar-refractivity contribution in [2.45, 2.75) is 154 Å². The lowest BCUT2D eigenvalue weighted by Gasteiger charge is -2.30. The zero-order valence-corrected chi connectivity index (χ0v) is 23.8. The molecular formula is C30H50F2O6. The van der Waals surface area contributed by atoms with Crippen LogP contribution in [-0.4, -0.2) is 48.6 Å². The summed E-state index contributed by atoms with van der Waals surface area (Å²) in [4.78, 5) is 36.9. The van der Waals surface area contributed by atoms with Crippen molar-refractivity contribution in [2.24, 2.45) is 11.8 Å². The number of hydrogen-bond donors (Lipinski definition) is 0. The Morgan fingerprint density at radius 1 is 1.00 bits per heavy atom. The first kappa shape index (κ1) is 32.8. The predicted molar refractivity (Wildman–Crippen MR) is 142 cm³/mol. The molecule has 6 nitrogen and oxygen atoms in total. The van der Waals surface area contributed by atoms with Crippen LogP contribution in [0.1, 0.15) is 130 Å². The summed E-state index contributed by atoms with van der Waals surface area (Å²) in [5.74, 6) is -4.85. The number of carbonyl (C=O) groups excluding carboxylic acids is 3. The van der Waals surface area contributed by atoms with Gasteiger partial charge in [-0.3, -0.25) is 14.4 Å². The molecule has 8 heteroatoms. The van der Waals surface area contributed by atoms with Gasteiger partial charge in [0.25, 0.3) is 0 Å². The van der Waals surface area contributed by atoms with Gasteiger partial charge in [-0.05, 0) is 64.7 Å². The lowest BCUT2D eigenvalue weighted by Crippen LogP contribution is -2.33. The standard InChI is InChI=1S/C30H50F2O6/c1-4-5-19-30(31,32)27(34)18-17-24-23(25(33)21-26(24)38-29-16-12-13-20-36-29)14-10-8-6-7-9-11-15-28(35)37-22(2)3/h22-24,26,29H,4-21H2,1-3H3/t23-,24-,26-,29?/m1/s1. The van der Waals surface area contributed by atoms with Crippen molar-refractivity contribution < 1.29 is 37.4 Å². The smallest absolute Gasteiger partial charge is 0.306 e. The van der Waals surface area contributed by atoms with E-state index in [1.165, 1.54) is 0 Å². The number of esters is 1. The Kier molecular flexibility index (Phi) is 14.9. The maximum absolute atomic E-state index is 14.3. The van der Waals surface area contributed by atoms with Crippen molar-refractivity contribution in [2.75, 3.05) is 6.61 Å². The number of Topliss-reactive ketones (excluding diaryl/α,β-unsaturated/α-hetero) is 2. The highest BCUT2D eigenvalue weighted by Gasteiger charge is 2.45. The summed E-state index contributed by atoms with van der Waals surface area (Å²) in [6, 6.07) is 0. The molecule has 0 bridgehead atoms. The van der Waals surface area contributed by atoms with Gasteiger partial charge in [-0.2, -0.15) is 8.78 Å². The highest BCUT2D eigenvalue weighted by Crippen LogP contribution is 2.40. The first-order valence-corrected chi connectivity index (χ1v) is 15.0. The number of ketones is 2. The number of rotatable bonds is 19. The van der Waals surface area contributed by atoms with E-state index in [1.807, 2.05) is 20.8 Å². The maximum atomic E-state index is 14.3. The van der Waals surface area contributed by atoms with Gasteiger partial charge in [-0.25, -0.2) is 0 Å². The molecule has 0 N–H and O–H groups in total. The quantitative estimate of drug-likeness (QED) is 0.125. The average Bonchev–Trinajstić information content (AvgIpc) is 3.16. The van der Waals surface area contributed by atoms with Gasteiger partial charge in [0.15, 0.2) is 6.29 Å². The fourth-order valence-corrected chi connectivity index (χ4v) is 5.60. The summed E-state index contributed by atoms with van der Waals surface area (Å²) in [5.41, 5.74) is 0. The summed E-state index contributed by atoms with van der Waals surface area (Å²) < 4.78 is 45.7. The highest BCUT2D eigenvalue weighted by molar-refractivity contribution is 5.86. The molecule has 4 atom stereocenters. The van der Waals surface area contributed by atoms with Gasteiger partial charge in [-0.1, -0.05) is 45.4 Å². The molecule has 1 aliphatic carbocycles. The summed E-state index contributed by atoms with van der Waals surface area (Å²) in [7, 11) is 0. The van der Waals surface area contributed by atoms with Crippen LogP contribution in [0.25, 0.3) is 0 Å². The maximum Gasteiger partial charge on any atom is 0.306 e. The molecule has 2 fully saturated rings. The molecule has 1 heterocycles. The summed E-state index contributed by atoms with van der Waals surface area (Å²) in [6.45, 7) is 6.14. The Morgan fingerprint density at radius 2 is 1.71 bits per heavy atom. The van der Waals surface area contributed by atoms with Crippen LogP contribution in [0, 0.1) is 11.8 Å². The molecular weight excluding hydrogens is 494 g/mol. The number of halogens is 2. The summed E-state index contributed by atoms with van der Waals surface area (Å²) in [5, 5.41) is 0. The van der Waals surface area contributed by atoms with Crippen molar-refractivity contribution >= 4 is 17.5 Å². The fourth-order valence-electron chi connectivity index (χ4n) is 5.60. The van der Waals surface area contributed by atoms with Gasteiger partial charge < -0.3 is 14.2 Å². The first-order chi connectivity index (χ1) is 18.1. The van der Waals surface area contributed by atoms with Crippen LogP contribution in [0.3, 0.4) is 0 Å². The van der Waals surface area contributed by atoms with Crippen molar-refractivity contribution in [3.63, 3.8) is 0 Å². The molecule has 1 saturated heterocycles. The van der Waals surface area contributed by atoms with Crippen LogP contribution in [0.2, 0.25) is 0 Å². The minimum Gasteiger partial charge on any atom is -0.463 e. The number of unbranched alkanes of at least 4 members (excludes halogenated alkanes) is 6. The molecule has 0 aromatic rings. The molecule has 2 aliphatic rings. The van der Waals surface area contributed by atoms with E-state index in [4.69, 9.17) is 14.2 Å². The lowest BCUT2D eigenvalue weighted by molar-refractivity contribution is -0.196. The third-order valence-electron chi connectivity index (χ3n) is 7.74. The van der Waals surface area contributed by atoms with Crippen LogP contribution < -0.4 is 0 Å². The largest absolute Gasteiger partial charge is 0.463 e. The second-order valence-corrected chi connectivity index (χ2v) is 11.4. The lowest BCUT2D eigenvalue weighted by atomic mass is 9.84.